The number of thiocarbonyl (C=S) groups is 1. The van der Waals surface area contributed by atoms with Crippen LogP contribution in [0.25, 0.3) is 0 Å². The standard InChI is InChI=1S/C27H25N3O5S/c1-2-33-21-11-9-20(10-12-21)30-25(31)15-22(26(30)32)29(27(36)28-19-6-4-3-5-7-19)16-18-8-13-23-24(14-18)35-17-34-23/h3-14,22H,2,15-17H2,1H3,(H,28,36)/t22-/m1/s1. The Morgan fingerprint density at radius 3 is 2.56 bits per heavy atom. The van der Waals surface area contributed by atoms with Crippen molar-refractivity contribution in [2.45, 2.75) is 25.9 Å². The number of carbonyl (C=O) groups excluding carboxylic acids is 2. The molecule has 2 amide bonds. The van der Waals surface area contributed by atoms with E-state index in [9.17, 15) is 9.59 Å². The predicted octanol–water partition coefficient (Wildman–Crippen LogP) is 4.35. The van der Waals surface area contributed by atoms with E-state index in [-0.39, 0.29) is 25.0 Å². The molecule has 3 aromatic rings. The van der Waals surface area contributed by atoms with Gasteiger partial charge in [0.15, 0.2) is 16.6 Å². The first-order chi connectivity index (χ1) is 17.5. The zero-order chi connectivity index (χ0) is 25.1. The molecule has 0 bridgehead atoms. The Kier molecular flexibility index (Phi) is 6.73. The van der Waals surface area contributed by atoms with Crippen molar-refractivity contribution < 1.29 is 23.8 Å². The van der Waals surface area contributed by atoms with E-state index in [1.54, 1.807) is 29.2 Å². The lowest BCUT2D eigenvalue weighted by Gasteiger charge is -2.30. The minimum Gasteiger partial charge on any atom is -0.494 e. The molecule has 2 heterocycles. The molecule has 0 spiro atoms. The number of fused-ring (bicyclic) bond motifs is 1. The number of hydrogen-bond donors (Lipinski definition) is 1. The van der Waals surface area contributed by atoms with Gasteiger partial charge in [-0.05, 0) is 73.2 Å². The summed E-state index contributed by atoms with van der Waals surface area (Å²) in [5.74, 6) is 1.37. The summed E-state index contributed by atoms with van der Waals surface area (Å²) in [6.45, 7) is 2.90. The second-order valence-electron chi connectivity index (χ2n) is 8.33. The Hall–Kier alpha value is -4.11. The Morgan fingerprint density at radius 2 is 1.81 bits per heavy atom. The van der Waals surface area contributed by atoms with Crippen LogP contribution in [0.15, 0.2) is 72.8 Å². The Bertz CT molecular complexity index is 1280. The van der Waals surface area contributed by atoms with Crippen LogP contribution in [-0.4, -0.2) is 41.3 Å². The van der Waals surface area contributed by atoms with Crippen LogP contribution in [0.5, 0.6) is 17.2 Å². The number of benzene rings is 3. The van der Waals surface area contributed by atoms with E-state index in [0.717, 1.165) is 11.3 Å². The molecular formula is C27H25N3O5S. The van der Waals surface area contributed by atoms with E-state index in [4.69, 9.17) is 26.4 Å². The first-order valence-electron chi connectivity index (χ1n) is 11.6. The van der Waals surface area contributed by atoms with Gasteiger partial charge in [0.25, 0.3) is 5.91 Å². The first-order valence-corrected chi connectivity index (χ1v) is 12.0. The highest BCUT2D eigenvalue weighted by molar-refractivity contribution is 7.80. The molecule has 1 atom stereocenters. The molecule has 0 aromatic heterocycles. The molecule has 5 rings (SSSR count). The molecule has 2 aliphatic heterocycles. The highest BCUT2D eigenvalue weighted by atomic mass is 32.1. The van der Waals surface area contributed by atoms with Crippen molar-refractivity contribution in [2.75, 3.05) is 23.6 Å². The fourth-order valence-corrected chi connectivity index (χ4v) is 4.57. The first kappa shape index (κ1) is 23.6. The smallest absolute Gasteiger partial charge is 0.257 e. The number of anilines is 2. The highest BCUT2D eigenvalue weighted by Crippen LogP contribution is 2.34. The summed E-state index contributed by atoms with van der Waals surface area (Å²) in [4.78, 5) is 29.6. The lowest BCUT2D eigenvalue weighted by atomic mass is 10.1. The summed E-state index contributed by atoms with van der Waals surface area (Å²) in [5.41, 5.74) is 2.16. The summed E-state index contributed by atoms with van der Waals surface area (Å²) < 4.78 is 16.4. The third-order valence-corrected chi connectivity index (χ3v) is 6.32. The van der Waals surface area contributed by atoms with Crippen LogP contribution in [0.4, 0.5) is 11.4 Å². The van der Waals surface area contributed by atoms with E-state index in [0.29, 0.717) is 41.2 Å². The van der Waals surface area contributed by atoms with Crippen molar-refractivity contribution in [1.29, 1.82) is 0 Å². The second-order valence-corrected chi connectivity index (χ2v) is 8.71. The molecule has 184 valence electrons. The molecule has 0 unspecified atom stereocenters. The van der Waals surface area contributed by atoms with Crippen LogP contribution in [0, 0.1) is 0 Å². The van der Waals surface area contributed by atoms with Crippen molar-refractivity contribution in [3.8, 4) is 17.2 Å². The van der Waals surface area contributed by atoms with E-state index in [1.165, 1.54) is 4.90 Å². The normalized spacial score (nSPS) is 16.2. The van der Waals surface area contributed by atoms with Gasteiger partial charge in [0.2, 0.25) is 12.7 Å². The summed E-state index contributed by atoms with van der Waals surface area (Å²) in [7, 11) is 0. The van der Waals surface area contributed by atoms with Crippen LogP contribution < -0.4 is 24.4 Å². The quantitative estimate of drug-likeness (QED) is 0.377. The molecule has 1 saturated heterocycles. The summed E-state index contributed by atoms with van der Waals surface area (Å²) in [6, 6.07) is 21.2. The van der Waals surface area contributed by atoms with Gasteiger partial charge in [-0.3, -0.25) is 9.59 Å². The predicted molar refractivity (Wildman–Crippen MR) is 139 cm³/mol. The third kappa shape index (κ3) is 4.83. The molecule has 1 fully saturated rings. The van der Waals surface area contributed by atoms with Gasteiger partial charge in [0.1, 0.15) is 11.8 Å². The maximum atomic E-state index is 13.6. The fourth-order valence-electron chi connectivity index (χ4n) is 4.27. The van der Waals surface area contributed by atoms with Crippen LogP contribution in [0.2, 0.25) is 0 Å². The summed E-state index contributed by atoms with van der Waals surface area (Å²) in [5, 5.41) is 3.55. The number of hydrogen-bond acceptors (Lipinski definition) is 6. The maximum absolute atomic E-state index is 13.6. The van der Waals surface area contributed by atoms with Gasteiger partial charge >= 0.3 is 0 Å². The average Bonchev–Trinajstić information content (AvgIpc) is 3.47. The number of nitrogens with zero attached hydrogens (tertiary/aromatic N) is 2. The monoisotopic (exact) mass is 503 g/mol. The van der Waals surface area contributed by atoms with Gasteiger partial charge in [0.05, 0.1) is 18.7 Å². The topological polar surface area (TPSA) is 80.3 Å². The number of para-hydroxylation sites is 1. The number of ether oxygens (including phenoxy) is 3. The Morgan fingerprint density at radius 1 is 1.06 bits per heavy atom. The van der Waals surface area contributed by atoms with E-state index < -0.39 is 6.04 Å². The van der Waals surface area contributed by atoms with Crippen molar-refractivity contribution >= 4 is 40.5 Å². The number of nitrogens with one attached hydrogen (secondary N) is 1. The molecule has 0 radical (unpaired) electrons. The van der Waals surface area contributed by atoms with Gasteiger partial charge < -0.3 is 24.4 Å². The van der Waals surface area contributed by atoms with Crippen LogP contribution in [-0.2, 0) is 16.1 Å². The lowest BCUT2D eigenvalue weighted by Crippen LogP contribution is -2.46. The summed E-state index contributed by atoms with van der Waals surface area (Å²) >= 11 is 5.75. The van der Waals surface area contributed by atoms with Crippen LogP contribution >= 0.6 is 12.2 Å². The molecule has 9 heteroatoms. The van der Waals surface area contributed by atoms with Crippen LogP contribution in [0.1, 0.15) is 18.9 Å². The number of imide groups is 1. The zero-order valence-electron chi connectivity index (χ0n) is 19.7. The molecule has 0 saturated carbocycles. The molecule has 2 aliphatic rings. The molecular weight excluding hydrogens is 478 g/mol. The van der Waals surface area contributed by atoms with Crippen molar-refractivity contribution in [3.63, 3.8) is 0 Å². The molecule has 3 aromatic carbocycles. The van der Waals surface area contributed by atoms with Crippen molar-refractivity contribution in [3.05, 3.63) is 78.4 Å². The lowest BCUT2D eigenvalue weighted by molar-refractivity contribution is -0.122. The largest absolute Gasteiger partial charge is 0.494 e. The summed E-state index contributed by atoms with van der Waals surface area (Å²) in [6.07, 6.45) is 0.00715. The van der Waals surface area contributed by atoms with Crippen LogP contribution in [0.3, 0.4) is 0 Å². The Labute approximate surface area is 214 Å². The van der Waals surface area contributed by atoms with Crippen molar-refractivity contribution in [2.24, 2.45) is 0 Å². The second kappa shape index (κ2) is 10.2. The molecule has 0 aliphatic carbocycles. The van der Waals surface area contributed by atoms with Gasteiger partial charge in [0, 0.05) is 12.2 Å². The molecule has 1 N–H and O–H groups in total. The highest BCUT2D eigenvalue weighted by Gasteiger charge is 2.43. The number of rotatable bonds is 7. The fraction of sp³-hybridized carbons (Fsp3) is 0.222. The average molecular weight is 504 g/mol. The van der Waals surface area contributed by atoms with Gasteiger partial charge in [-0.25, -0.2) is 4.90 Å². The van der Waals surface area contributed by atoms with Gasteiger partial charge in [-0.15, -0.1) is 0 Å². The zero-order valence-corrected chi connectivity index (χ0v) is 20.5. The SMILES string of the molecule is CCOc1ccc(N2C(=O)C[C@@H](N(Cc3ccc4c(c3)OCO4)C(=S)Nc3ccccc3)C2=O)cc1. The molecule has 8 nitrogen and oxygen atoms in total. The van der Waals surface area contributed by atoms with Crippen molar-refractivity contribution in [1.82, 2.24) is 4.90 Å². The number of amides is 2. The van der Waals surface area contributed by atoms with E-state index >= 15 is 0 Å². The Balaban J connectivity index is 1.42. The van der Waals surface area contributed by atoms with Gasteiger partial charge in [-0.2, -0.15) is 0 Å². The minimum absolute atomic E-state index is 0.00715. The minimum atomic E-state index is -0.766. The maximum Gasteiger partial charge on any atom is 0.257 e. The van der Waals surface area contributed by atoms with E-state index in [2.05, 4.69) is 5.32 Å². The third-order valence-electron chi connectivity index (χ3n) is 5.98. The number of carbonyl (C=O) groups is 2. The molecule has 36 heavy (non-hydrogen) atoms. The van der Waals surface area contributed by atoms with Gasteiger partial charge in [-0.1, -0.05) is 24.3 Å². The van der Waals surface area contributed by atoms with E-state index in [1.807, 2.05) is 55.5 Å².